The molecule has 156 valence electrons. The second kappa shape index (κ2) is 9.14. The van der Waals surface area contributed by atoms with E-state index in [-0.39, 0.29) is 24.1 Å². The van der Waals surface area contributed by atoms with Gasteiger partial charge in [0.15, 0.2) is 5.78 Å². The monoisotopic (exact) mass is 415 g/mol. The van der Waals surface area contributed by atoms with Crippen LogP contribution in [-0.2, 0) is 24.2 Å². The molecule has 0 radical (unpaired) electrons. The lowest BCUT2D eigenvalue weighted by atomic mass is 9.92. The van der Waals surface area contributed by atoms with E-state index in [1.54, 1.807) is 0 Å². The van der Waals surface area contributed by atoms with Crippen LogP contribution < -0.4 is 5.73 Å². The molecule has 0 saturated carbocycles. The number of amides is 1. The summed E-state index contributed by atoms with van der Waals surface area (Å²) in [5.41, 5.74) is 10.9. The first kappa shape index (κ1) is 21.6. The van der Waals surface area contributed by atoms with Crippen molar-refractivity contribution in [2.75, 3.05) is 19.6 Å². The van der Waals surface area contributed by atoms with Crippen LogP contribution >= 0.6 is 12.4 Å². The predicted octanol–water partition coefficient (Wildman–Crippen LogP) is 3.14. The number of hydrogen-bond acceptors (Lipinski definition) is 3. The molecule has 0 bridgehead atoms. The number of benzene rings is 1. The average molecular weight is 416 g/mol. The Morgan fingerprint density at radius 2 is 1.97 bits per heavy atom. The maximum absolute atomic E-state index is 13.0. The SMILES string of the molecule is Cc1c(CC(=O)N2CCC(CN)C2)c2c(n1Cc1ccccc1)CCCC2=O.Cl. The topological polar surface area (TPSA) is 68.3 Å². The minimum Gasteiger partial charge on any atom is -0.343 e. The number of Topliss-reactive ketones (excluding diaryl/α,β-unsaturated/α-hetero) is 1. The van der Waals surface area contributed by atoms with Gasteiger partial charge in [-0.3, -0.25) is 9.59 Å². The number of nitrogens with two attached hydrogens (primary N) is 1. The number of carbonyl (C=O) groups excluding carboxylic acids is 2. The van der Waals surface area contributed by atoms with Gasteiger partial charge in [0, 0.05) is 43.0 Å². The van der Waals surface area contributed by atoms with Crippen LogP contribution in [0.15, 0.2) is 30.3 Å². The highest BCUT2D eigenvalue weighted by Crippen LogP contribution is 2.31. The maximum Gasteiger partial charge on any atom is 0.227 e. The third-order valence-corrected chi connectivity index (χ3v) is 6.34. The molecule has 2 aromatic rings. The van der Waals surface area contributed by atoms with Gasteiger partial charge < -0.3 is 15.2 Å². The highest BCUT2D eigenvalue weighted by molar-refractivity contribution is 6.01. The fraction of sp³-hybridized carbons (Fsp3) is 0.478. The van der Waals surface area contributed by atoms with Gasteiger partial charge >= 0.3 is 0 Å². The number of hydrogen-bond donors (Lipinski definition) is 1. The first-order valence-electron chi connectivity index (χ1n) is 10.3. The van der Waals surface area contributed by atoms with E-state index in [0.29, 0.717) is 25.3 Å². The van der Waals surface area contributed by atoms with Crippen LogP contribution in [0.1, 0.15) is 52.1 Å². The van der Waals surface area contributed by atoms with E-state index in [4.69, 9.17) is 5.73 Å². The normalized spacial score (nSPS) is 18.5. The van der Waals surface area contributed by atoms with Crippen LogP contribution in [0.5, 0.6) is 0 Å². The van der Waals surface area contributed by atoms with Crippen molar-refractivity contribution in [2.24, 2.45) is 11.7 Å². The van der Waals surface area contributed by atoms with Gasteiger partial charge in [0.2, 0.25) is 5.91 Å². The second-order valence-corrected chi connectivity index (χ2v) is 8.14. The van der Waals surface area contributed by atoms with Crippen LogP contribution in [-0.4, -0.2) is 40.8 Å². The quantitative estimate of drug-likeness (QED) is 0.815. The van der Waals surface area contributed by atoms with Crippen LogP contribution in [0.3, 0.4) is 0 Å². The van der Waals surface area contributed by atoms with Crippen LogP contribution in [0.4, 0.5) is 0 Å². The highest BCUT2D eigenvalue weighted by atomic mass is 35.5. The van der Waals surface area contributed by atoms with Crippen molar-refractivity contribution in [3.8, 4) is 0 Å². The van der Waals surface area contributed by atoms with Gasteiger partial charge in [0.05, 0.1) is 6.42 Å². The van der Waals surface area contributed by atoms with E-state index < -0.39 is 0 Å². The zero-order valence-electron chi connectivity index (χ0n) is 17.0. The van der Waals surface area contributed by atoms with Crippen molar-refractivity contribution in [2.45, 2.75) is 45.6 Å². The number of carbonyl (C=O) groups is 2. The van der Waals surface area contributed by atoms with E-state index in [9.17, 15) is 9.59 Å². The van der Waals surface area contributed by atoms with E-state index in [2.05, 4.69) is 23.6 Å². The Bertz CT molecular complexity index is 891. The number of ketones is 1. The highest BCUT2D eigenvalue weighted by Gasteiger charge is 2.31. The van der Waals surface area contributed by atoms with E-state index in [1.165, 1.54) is 5.56 Å². The molecule has 1 aliphatic heterocycles. The van der Waals surface area contributed by atoms with E-state index >= 15 is 0 Å². The van der Waals surface area contributed by atoms with Crippen molar-refractivity contribution in [3.05, 3.63) is 58.4 Å². The van der Waals surface area contributed by atoms with E-state index in [1.807, 2.05) is 23.1 Å². The number of aromatic nitrogens is 1. The summed E-state index contributed by atoms with van der Waals surface area (Å²) in [5, 5.41) is 0. The molecule has 5 nitrogen and oxygen atoms in total. The number of likely N-dealkylation sites (tertiary alicyclic amines) is 1. The fourth-order valence-corrected chi connectivity index (χ4v) is 4.70. The lowest BCUT2D eigenvalue weighted by Gasteiger charge is -2.17. The summed E-state index contributed by atoms with van der Waals surface area (Å²) in [4.78, 5) is 27.6. The zero-order valence-corrected chi connectivity index (χ0v) is 17.8. The summed E-state index contributed by atoms with van der Waals surface area (Å²) in [6, 6.07) is 10.3. The van der Waals surface area contributed by atoms with Gasteiger partial charge in [-0.1, -0.05) is 30.3 Å². The van der Waals surface area contributed by atoms with Crippen molar-refractivity contribution in [3.63, 3.8) is 0 Å². The lowest BCUT2D eigenvalue weighted by molar-refractivity contribution is -0.129. The Kier molecular flexibility index (Phi) is 6.81. The summed E-state index contributed by atoms with van der Waals surface area (Å²) in [7, 11) is 0. The predicted molar refractivity (Wildman–Crippen MR) is 117 cm³/mol. The molecule has 1 unspecified atom stereocenters. The molecule has 2 aliphatic rings. The first-order chi connectivity index (χ1) is 13.6. The molecule has 1 fully saturated rings. The molecule has 1 saturated heterocycles. The number of halogens is 1. The van der Waals surface area contributed by atoms with Gasteiger partial charge in [-0.25, -0.2) is 0 Å². The van der Waals surface area contributed by atoms with Crippen molar-refractivity contribution < 1.29 is 9.59 Å². The number of fused-ring (bicyclic) bond motifs is 1. The summed E-state index contributed by atoms with van der Waals surface area (Å²) in [6.07, 6.45) is 3.68. The largest absolute Gasteiger partial charge is 0.343 e. The maximum atomic E-state index is 13.0. The smallest absolute Gasteiger partial charge is 0.227 e. The summed E-state index contributed by atoms with van der Waals surface area (Å²) < 4.78 is 2.26. The molecular formula is C23H30ClN3O2. The van der Waals surface area contributed by atoms with Gasteiger partial charge in [-0.05, 0) is 49.8 Å². The van der Waals surface area contributed by atoms with Crippen LogP contribution in [0.2, 0.25) is 0 Å². The van der Waals surface area contributed by atoms with Gasteiger partial charge in [-0.15, -0.1) is 12.4 Å². The van der Waals surface area contributed by atoms with Crippen molar-refractivity contribution >= 4 is 24.1 Å². The molecule has 0 spiro atoms. The summed E-state index contributed by atoms with van der Waals surface area (Å²) >= 11 is 0. The Morgan fingerprint density at radius 3 is 2.66 bits per heavy atom. The van der Waals surface area contributed by atoms with Gasteiger partial charge in [0.1, 0.15) is 0 Å². The van der Waals surface area contributed by atoms with Crippen molar-refractivity contribution in [1.29, 1.82) is 0 Å². The third-order valence-electron chi connectivity index (χ3n) is 6.34. The fourth-order valence-electron chi connectivity index (χ4n) is 4.70. The number of nitrogens with zero attached hydrogens (tertiary/aromatic N) is 2. The minimum atomic E-state index is 0. The molecule has 1 amide bonds. The van der Waals surface area contributed by atoms with E-state index in [0.717, 1.165) is 61.4 Å². The minimum absolute atomic E-state index is 0. The molecule has 4 rings (SSSR count). The Morgan fingerprint density at radius 1 is 1.21 bits per heavy atom. The molecule has 1 aliphatic carbocycles. The van der Waals surface area contributed by atoms with Gasteiger partial charge in [-0.2, -0.15) is 0 Å². The first-order valence-corrected chi connectivity index (χ1v) is 10.3. The van der Waals surface area contributed by atoms with Crippen molar-refractivity contribution in [1.82, 2.24) is 9.47 Å². The van der Waals surface area contributed by atoms with Crippen LogP contribution in [0, 0.1) is 12.8 Å². The molecular weight excluding hydrogens is 386 g/mol. The average Bonchev–Trinajstić information content (AvgIpc) is 3.29. The molecule has 1 aromatic heterocycles. The second-order valence-electron chi connectivity index (χ2n) is 8.14. The third kappa shape index (κ3) is 4.26. The van der Waals surface area contributed by atoms with Crippen LogP contribution in [0.25, 0.3) is 0 Å². The Labute approximate surface area is 178 Å². The summed E-state index contributed by atoms with van der Waals surface area (Å²) in [5.74, 6) is 0.723. The standard InChI is InChI=1S/C23H29N3O2.ClH/c1-16-19(12-22(28)25-11-10-18(13-24)14-25)23-20(8-5-9-21(23)27)26(16)15-17-6-3-2-4-7-17;/h2-4,6-7,18H,5,8-15,24H2,1H3;1H. The molecule has 1 atom stereocenters. The zero-order chi connectivity index (χ0) is 19.7. The molecule has 2 heterocycles. The van der Waals surface area contributed by atoms with Gasteiger partial charge in [0.25, 0.3) is 0 Å². The molecule has 6 heteroatoms. The Balaban J connectivity index is 0.00000240. The lowest BCUT2D eigenvalue weighted by Crippen LogP contribution is -2.31. The number of rotatable bonds is 5. The summed E-state index contributed by atoms with van der Waals surface area (Å²) in [6.45, 7) is 4.96. The molecule has 2 N–H and O–H groups in total. The molecule has 1 aromatic carbocycles. The molecule has 29 heavy (non-hydrogen) atoms. The Hall–Kier alpha value is -2.11.